The molecule has 0 radical (unpaired) electrons. The van der Waals surface area contributed by atoms with Crippen molar-refractivity contribution in [2.75, 3.05) is 33.2 Å². The summed E-state index contributed by atoms with van der Waals surface area (Å²) in [6.07, 6.45) is 4.97. The highest BCUT2D eigenvalue weighted by atomic mass is 16.5. The van der Waals surface area contributed by atoms with Gasteiger partial charge in [-0.25, -0.2) is 9.59 Å². The third kappa shape index (κ3) is 8.17. The number of carboxylic acid groups (broad SMARTS) is 1. The lowest BCUT2D eigenvalue weighted by atomic mass is 9.99. The average molecular weight is 487 g/mol. The number of carbonyl (C=O) groups excluding carboxylic acids is 1. The highest BCUT2D eigenvalue weighted by Crippen LogP contribution is 2.29. The molecule has 0 heterocycles. The van der Waals surface area contributed by atoms with E-state index in [0.717, 1.165) is 31.2 Å². The first-order chi connectivity index (χ1) is 16.8. The van der Waals surface area contributed by atoms with Crippen LogP contribution in [0, 0.1) is 0 Å². The van der Waals surface area contributed by atoms with Crippen molar-refractivity contribution in [3.05, 3.63) is 53.1 Å². The van der Waals surface area contributed by atoms with E-state index in [1.54, 1.807) is 63.5 Å². The molecule has 2 aromatic carbocycles. The van der Waals surface area contributed by atoms with Crippen LogP contribution in [0.25, 0.3) is 0 Å². The summed E-state index contributed by atoms with van der Waals surface area (Å²) >= 11 is 0. The summed E-state index contributed by atoms with van der Waals surface area (Å²) in [5.74, 6) is 0.126. The molecule has 2 N–H and O–H groups in total. The number of hydrogen-bond donors (Lipinski definition) is 2. The number of nitrogens with zero attached hydrogens (tertiary/aromatic N) is 1. The van der Waals surface area contributed by atoms with E-state index in [-0.39, 0.29) is 17.7 Å². The molecular weight excluding hydrogens is 448 g/mol. The second-order valence-corrected chi connectivity index (χ2v) is 8.44. The predicted molar refractivity (Wildman–Crippen MR) is 137 cm³/mol. The maximum Gasteiger partial charge on any atom is 0.336 e. The summed E-state index contributed by atoms with van der Waals surface area (Å²) in [5, 5.41) is 12.5. The largest absolute Gasteiger partial charge is 0.497 e. The monoisotopic (exact) mass is 486 g/mol. The van der Waals surface area contributed by atoms with Crippen molar-refractivity contribution in [2.24, 2.45) is 0 Å². The van der Waals surface area contributed by atoms with Crippen molar-refractivity contribution in [1.82, 2.24) is 4.90 Å². The SMILES string of the molecule is CCCCCCCN(Cc1ccc(C(=O)O)c(C(C)OC)c1)C(=O)Nc1ccc(OC)cc1OC. The van der Waals surface area contributed by atoms with Gasteiger partial charge in [-0.05, 0) is 42.7 Å². The van der Waals surface area contributed by atoms with E-state index in [1.165, 1.54) is 6.42 Å². The Bertz CT molecular complexity index is 978. The fourth-order valence-corrected chi connectivity index (χ4v) is 3.84. The van der Waals surface area contributed by atoms with Crippen LogP contribution in [0.2, 0.25) is 0 Å². The molecule has 0 saturated heterocycles. The van der Waals surface area contributed by atoms with Crippen LogP contribution in [0.1, 0.15) is 73.5 Å². The molecule has 2 aromatic rings. The third-order valence-electron chi connectivity index (χ3n) is 5.98. The van der Waals surface area contributed by atoms with E-state index in [2.05, 4.69) is 12.2 Å². The zero-order valence-electron chi connectivity index (χ0n) is 21.4. The average Bonchev–Trinajstić information content (AvgIpc) is 2.87. The Hall–Kier alpha value is -3.26. The van der Waals surface area contributed by atoms with Gasteiger partial charge in [-0.1, -0.05) is 44.7 Å². The topological polar surface area (TPSA) is 97.3 Å². The van der Waals surface area contributed by atoms with Gasteiger partial charge in [0.05, 0.1) is 31.6 Å². The number of amides is 2. The van der Waals surface area contributed by atoms with Crippen LogP contribution in [-0.4, -0.2) is 49.9 Å². The van der Waals surface area contributed by atoms with E-state index < -0.39 is 5.97 Å². The molecule has 8 heteroatoms. The molecule has 0 spiro atoms. The predicted octanol–water partition coefficient (Wildman–Crippen LogP) is 6.11. The summed E-state index contributed by atoms with van der Waals surface area (Å²) in [6, 6.07) is 10.1. The van der Waals surface area contributed by atoms with Gasteiger partial charge >= 0.3 is 12.0 Å². The third-order valence-corrected chi connectivity index (χ3v) is 5.98. The Kier molecular flexibility index (Phi) is 11.4. The quantitative estimate of drug-likeness (QED) is 0.313. The standard InChI is InChI=1S/C27H38N2O6/c1-6-7-8-9-10-15-29(27(32)28-24-14-12-21(34-4)17-25(24)35-5)18-20-11-13-22(26(30)31)23(16-20)19(2)33-3/h11-14,16-17,19H,6-10,15,18H2,1-5H3,(H,28,32)(H,30,31). The molecule has 0 fully saturated rings. The van der Waals surface area contributed by atoms with Crippen LogP contribution in [0.3, 0.4) is 0 Å². The molecular formula is C27H38N2O6. The second kappa shape index (κ2) is 14.2. The van der Waals surface area contributed by atoms with Gasteiger partial charge in [0.2, 0.25) is 0 Å². The van der Waals surface area contributed by atoms with E-state index in [4.69, 9.17) is 14.2 Å². The number of benzene rings is 2. The summed E-state index contributed by atoms with van der Waals surface area (Å²) in [7, 11) is 4.65. The number of nitrogens with one attached hydrogen (secondary N) is 1. The van der Waals surface area contributed by atoms with Crippen LogP contribution in [0.5, 0.6) is 11.5 Å². The highest BCUT2D eigenvalue weighted by molar-refractivity contribution is 5.91. The number of carbonyl (C=O) groups is 2. The first-order valence-electron chi connectivity index (χ1n) is 12.0. The lowest BCUT2D eigenvalue weighted by Crippen LogP contribution is -2.35. The van der Waals surface area contributed by atoms with Gasteiger partial charge < -0.3 is 29.5 Å². The fraction of sp³-hybridized carbons (Fsp3) is 0.481. The van der Waals surface area contributed by atoms with Crippen LogP contribution in [-0.2, 0) is 11.3 Å². The number of ether oxygens (including phenoxy) is 3. The van der Waals surface area contributed by atoms with Gasteiger partial charge in [-0.2, -0.15) is 0 Å². The van der Waals surface area contributed by atoms with Gasteiger partial charge in [0.1, 0.15) is 11.5 Å². The molecule has 192 valence electrons. The highest BCUT2D eigenvalue weighted by Gasteiger charge is 2.20. The minimum absolute atomic E-state index is 0.196. The molecule has 1 unspecified atom stereocenters. The smallest absolute Gasteiger partial charge is 0.336 e. The van der Waals surface area contributed by atoms with E-state index in [9.17, 15) is 14.7 Å². The Morgan fingerprint density at radius 3 is 2.37 bits per heavy atom. The molecule has 0 bridgehead atoms. The number of unbranched alkanes of at least 4 members (excludes halogenated alkanes) is 4. The Morgan fingerprint density at radius 2 is 1.74 bits per heavy atom. The molecule has 35 heavy (non-hydrogen) atoms. The molecule has 8 nitrogen and oxygen atoms in total. The number of urea groups is 1. The summed E-state index contributed by atoms with van der Waals surface area (Å²) in [5.41, 5.74) is 2.16. The van der Waals surface area contributed by atoms with Gasteiger partial charge in [0.25, 0.3) is 0 Å². The molecule has 0 aliphatic rings. The zero-order valence-corrected chi connectivity index (χ0v) is 21.4. The number of methoxy groups -OCH3 is 3. The molecule has 0 aliphatic heterocycles. The molecule has 0 aliphatic carbocycles. The summed E-state index contributed by atoms with van der Waals surface area (Å²) in [4.78, 5) is 26.7. The van der Waals surface area contributed by atoms with Crippen molar-refractivity contribution in [1.29, 1.82) is 0 Å². The van der Waals surface area contributed by atoms with Crippen molar-refractivity contribution in [2.45, 2.75) is 58.6 Å². The Balaban J connectivity index is 2.27. The minimum Gasteiger partial charge on any atom is -0.497 e. The maximum absolute atomic E-state index is 13.3. The van der Waals surface area contributed by atoms with Crippen molar-refractivity contribution in [3.8, 4) is 11.5 Å². The number of aromatic carboxylic acids is 1. The van der Waals surface area contributed by atoms with Crippen LogP contribution in [0.4, 0.5) is 10.5 Å². The molecule has 2 rings (SSSR count). The number of carboxylic acids is 1. The van der Waals surface area contributed by atoms with Gasteiger partial charge in [0.15, 0.2) is 0 Å². The maximum atomic E-state index is 13.3. The first-order valence-corrected chi connectivity index (χ1v) is 12.0. The zero-order chi connectivity index (χ0) is 25.8. The van der Waals surface area contributed by atoms with Crippen LogP contribution >= 0.6 is 0 Å². The van der Waals surface area contributed by atoms with Crippen LogP contribution < -0.4 is 14.8 Å². The van der Waals surface area contributed by atoms with Crippen molar-refractivity contribution < 1.29 is 28.9 Å². The number of hydrogen-bond acceptors (Lipinski definition) is 5. The van der Waals surface area contributed by atoms with Gasteiger partial charge in [-0.3, -0.25) is 0 Å². The lowest BCUT2D eigenvalue weighted by molar-refractivity contribution is 0.0683. The van der Waals surface area contributed by atoms with Gasteiger partial charge in [-0.15, -0.1) is 0 Å². The second-order valence-electron chi connectivity index (χ2n) is 8.44. The molecule has 0 saturated carbocycles. The number of rotatable bonds is 14. The first kappa shape index (κ1) is 28.0. The summed E-state index contributed by atoms with van der Waals surface area (Å²) in [6.45, 7) is 4.88. The van der Waals surface area contributed by atoms with Crippen molar-refractivity contribution >= 4 is 17.7 Å². The van der Waals surface area contributed by atoms with E-state index in [0.29, 0.717) is 35.8 Å². The normalized spacial score (nSPS) is 11.6. The van der Waals surface area contributed by atoms with E-state index in [1.807, 2.05) is 6.07 Å². The molecule has 2 amide bonds. The molecule has 1 atom stereocenters. The van der Waals surface area contributed by atoms with Crippen LogP contribution in [0.15, 0.2) is 36.4 Å². The minimum atomic E-state index is -1.01. The Labute approximate surface area is 208 Å². The number of anilines is 1. The fourth-order valence-electron chi connectivity index (χ4n) is 3.84. The lowest BCUT2D eigenvalue weighted by Gasteiger charge is -2.25. The van der Waals surface area contributed by atoms with Crippen molar-refractivity contribution in [3.63, 3.8) is 0 Å². The van der Waals surface area contributed by atoms with Gasteiger partial charge in [0, 0.05) is 26.3 Å². The summed E-state index contributed by atoms with van der Waals surface area (Å²) < 4.78 is 16.0. The van der Waals surface area contributed by atoms with E-state index >= 15 is 0 Å². The Morgan fingerprint density at radius 1 is 1.00 bits per heavy atom. The molecule has 0 aromatic heterocycles.